The molecule has 2 amide bonds. The lowest BCUT2D eigenvalue weighted by atomic mass is 9.98. The molecule has 1 aliphatic rings. The standard InChI is InChI=1S/C21H31N3O4/c1-4-6-19(25)22-12-16-7-5-10-24(13-16)14-20(26)23-18-11-17(21(27)28-3)9-8-15(18)2/h8-9,11,16H,4-7,10,12-14H2,1-3H3,(H,22,25)(H,23,26)/t16-/m0/s1. The van der Waals surface area contributed by atoms with Crippen LogP contribution in [-0.2, 0) is 14.3 Å². The van der Waals surface area contributed by atoms with Gasteiger partial charge >= 0.3 is 5.97 Å². The van der Waals surface area contributed by atoms with E-state index in [1.54, 1.807) is 18.2 Å². The minimum atomic E-state index is -0.431. The number of esters is 1. The molecule has 1 heterocycles. The molecule has 0 spiro atoms. The van der Waals surface area contributed by atoms with Crippen molar-refractivity contribution in [2.24, 2.45) is 5.92 Å². The maximum absolute atomic E-state index is 12.5. The van der Waals surface area contributed by atoms with Gasteiger partial charge < -0.3 is 15.4 Å². The summed E-state index contributed by atoms with van der Waals surface area (Å²) >= 11 is 0. The second-order valence-corrected chi connectivity index (χ2v) is 7.37. The van der Waals surface area contributed by atoms with Gasteiger partial charge in [-0.25, -0.2) is 4.79 Å². The van der Waals surface area contributed by atoms with Crippen molar-refractivity contribution in [1.82, 2.24) is 10.2 Å². The van der Waals surface area contributed by atoms with Crippen molar-refractivity contribution in [2.45, 2.75) is 39.5 Å². The average molecular weight is 389 g/mol. The maximum atomic E-state index is 12.5. The summed E-state index contributed by atoms with van der Waals surface area (Å²) in [4.78, 5) is 38.0. The van der Waals surface area contributed by atoms with Gasteiger partial charge in [0.1, 0.15) is 0 Å². The zero-order chi connectivity index (χ0) is 20.5. The second kappa shape index (κ2) is 10.8. The molecule has 0 aromatic heterocycles. The average Bonchev–Trinajstić information content (AvgIpc) is 2.68. The number of benzene rings is 1. The molecule has 2 rings (SSSR count). The van der Waals surface area contributed by atoms with Crippen LogP contribution in [-0.4, -0.2) is 56.0 Å². The first-order valence-corrected chi connectivity index (χ1v) is 9.90. The van der Waals surface area contributed by atoms with Crippen LogP contribution in [0.3, 0.4) is 0 Å². The lowest BCUT2D eigenvalue weighted by Gasteiger charge is -2.32. The number of carbonyl (C=O) groups excluding carboxylic acids is 3. The van der Waals surface area contributed by atoms with Gasteiger partial charge in [0.05, 0.1) is 19.2 Å². The van der Waals surface area contributed by atoms with E-state index < -0.39 is 5.97 Å². The number of aryl methyl sites for hydroxylation is 1. The molecule has 154 valence electrons. The van der Waals surface area contributed by atoms with Gasteiger partial charge in [-0.1, -0.05) is 13.0 Å². The molecule has 1 atom stereocenters. The smallest absolute Gasteiger partial charge is 0.337 e. The van der Waals surface area contributed by atoms with Crippen LogP contribution in [0, 0.1) is 12.8 Å². The monoisotopic (exact) mass is 389 g/mol. The molecule has 0 aliphatic carbocycles. The number of amides is 2. The van der Waals surface area contributed by atoms with Gasteiger partial charge in [0, 0.05) is 25.2 Å². The van der Waals surface area contributed by atoms with Crippen molar-refractivity contribution in [2.75, 3.05) is 38.6 Å². The van der Waals surface area contributed by atoms with E-state index in [0.717, 1.165) is 37.9 Å². The molecule has 28 heavy (non-hydrogen) atoms. The summed E-state index contributed by atoms with van der Waals surface area (Å²) in [6.07, 6.45) is 3.48. The van der Waals surface area contributed by atoms with Gasteiger partial charge in [-0.2, -0.15) is 0 Å². The van der Waals surface area contributed by atoms with Crippen LogP contribution in [0.5, 0.6) is 0 Å². The van der Waals surface area contributed by atoms with E-state index in [4.69, 9.17) is 4.74 Å². The van der Waals surface area contributed by atoms with Gasteiger partial charge in [-0.05, 0) is 56.3 Å². The minimum Gasteiger partial charge on any atom is -0.465 e. The first-order chi connectivity index (χ1) is 13.4. The van der Waals surface area contributed by atoms with Crippen LogP contribution < -0.4 is 10.6 Å². The van der Waals surface area contributed by atoms with E-state index in [1.165, 1.54) is 7.11 Å². The van der Waals surface area contributed by atoms with Crippen LogP contribution in [0.2, 0.25) is 0 Å². The molecule has 2 N–H and O–H groups in total. The summed E-state index contributed by atoms with van der Waals surface area (Å²) in [5.41, 5.74) is 1.91. The number of methoxy groups -OCH3 is 1. The number of piperidine rings is 1. The Bertz CT molecular complexity index is 705. The SMILES string of the molecule is CCCC(=O)NC[C@@H]1CCCN(CC(=O)Nc2cc(C(=O)OC)ccc2C)C1. The Kier molecular flexibility index (Phi) is 8.44. The molecule has 0 unspecified atom stereocenters. The Balaban J connectivity index is 1.87. The topological polar surface area (TPSA) is 87.7 Å². The lowest BCUT2D eigenvalue weighted by Crippen LogP contribution is -2.43. The lowest BCUT2D eigenvalue weighted by molar-refractivity contribution is -0.121. The van der Waals surface area contributed by atoms with Gasteiger partial charge in [-0.3, -0.25) is 14.5 Å². The third-order valence-corrected chi connectivity index (χ3v) is 4.97. The molecule has 1 aromatic rings. The number of nitrogens with one attached hydrogen (secondary N) is 2. The molecular formula is C21H31N3O4. The molecule has 1 fully saturated rings. The van der Waals surface area contributed by atoms with Crippen LogP contribution in [0.15, 0.2) is 18.2 Å². The number of likely N-dealkylation sites (tertiary alicyclic amines) is 1. The first kappa shape index (κ1) is 21.9. The van der Waals surface area contributed by atoms with Crippen molar-refractivity contribution < 1.29 is 19.1 Å². The number of ether oxygens (including phenoxy) is 1. The summed E-state index contributed by atoms with van der Waals surface area (Å²) in [6.45, 7) is 6.49. The van der Waals surface area contributed by atoms with Crippen LogP contribution >= 0.6 is 0 Å². The number of hydrogen-bond acceptors (Lipinski definition) is 5. The van der Waals surface area contributed by atoms with Gasteiger partial charge in [0.25, 0.3) is 0 Å². The van der Waals surface area contributed by atoms with Crippen molar-refractivity contribution in [3.8, 4) is 0 Å². The molecule has 1 saturated heterocycles. The molecule has 1 aliphatic heterocycles. The summed E-state index contributed by atoms with van der Waals surface area (Å²) < 4.78 is 4.73. The Morgan fingerprint density at radius 2 is 2.04 bits per heavy atom. The van der Waals surface area contributed by atoms with Crippen molar-refractivity contribution in [1.29, 1.82) is 0 Å². The number of nitrogens with zero attached hydrogens (tertiary/aromatic N) is 1. The van der Waals surface area contributed by atoms with Gasteiger partial charge in [0.15, 0.2) is 0 Å². The maximum Gasteiger partial charge on any atom is 0.337 e. The fourth-order valence-corrected chi connectivity index (χ4v) is 3.43. The van der Waals surface area contributed by atoms with Crippen molar-refractivity contribution in [3.63, 3.8) is 0 Å². The Labute approximate surface area is 166 Å². The van der Waals surface area contributed by atoms with E-state index in [9.17, 15) is 14.4 Å². The van der Waals surface area contributed by atoms with Crippen molar-refractivity contribution >= 4 is 23.5 Å². The number of hydrogen-bond donors (Lipinski definition) is 2. The predicted octanol–water partition coefficient (Wildman–Crippen LogP) is 2.35. The second-order valence-electron chi connectivity index (χ2n) is 7.37. The van der Waals surface area contributed by atoms with E-state index >= 15 is 0 Å². The quantitative estimate of drug-likeness (QED) is 0.667. The predicted molar refractivity (Wildman–Crippen MR) is 108 cm³/mol. The minimum absolute atomic E-state index is 0.0957. The van der Waals surface area contributed by atoms with Gasteiger partial charge in [0.2, 0.25) is 11.8 Å². The Hall–Kier alpha value is -2.41. The van der Waals surface area contributed by atoms with E-state index in [0.29, 0.717) is 36.7 Å². The van der Waals surface area contributed by atoms with Crippen molar-refractivity contribution in [3.05, 3.63) is 29.3 Å². The highest BCUT2D eigenvalue weighted by atomic mass is 16.5. The fourth-order valence-electron chi connectivity index (χ4n) is 3.43. The fraction of sp³-hybridized carbons (Fsp3) is 0.571. The summed E-state index contributed by atoms with van der Waals surface area (Å²) in [6, 6.07) is 5.11. The number of rotatable bonds is 8. The molecule has 0 radical (unpaired) electrons. The molecule has 1 aromatic carbocycles. The first-order valence-electron chi connectivity index (χ1n) is 9.90. The van der Waals surface area contributed by atoms with Crippen LogP contribution in [0.1, 0.15) is 48.5 Å². The third-order valence-electron chi connectivity index (χ3n) is 4.97. The van der Waals surface area contributed by atoms with Crippen LogP contribution in [0.25, 0.3) is 0 Å². The number of anilines is 1. The largest absolute Gasteiger partial charge is 0.465 e. The van der Waals surface area contributed by atoms with Gasteiger partial charge in [-0.15, -0.1) is 0 Å². The molecule has 7 nitrogen and oxygen atoms in total. The van der Waals surface area contributed by atoms with Crippen LogP contribution in [0.4, 0.5) is 5.69 Å². The van der Waals surface area contributed by atoms with E-state index in [-0.39, 0.29) is 11.8 Å². The normalized spacial score (nSPS) is 17.0. The molecule has 0 saturated carbocycles. The Morgan fingerprint density at radius 3 is 2.75 bits per heavy atom. The Morgan fingerprint density at radius 1 is 1.25 bits per heavy atom. The van der Waals surface area contributed by atoms with E-state index in [2.05, 4.69) is 15.5 Å². The van der Waals surface area contributed by atoms with E-state index in [1.807, 2.05) is 13.8 Å². The summed E-state index contributed by atoms with van der Waals surface area (Å²) in [7, 11) is 1.33. The summed E-state index contributed by atoms with van der Waals surface area (Å²) in [5, 5.41) is 5.89. The highest BCUT2D eigenvalue weighted by molar-refractivity contribution is 5.96. The molecule has 7 heteroatoms. The highest BCUT2D eigenvalue weighted by Gasteiger charge is 2.22. The summed E-state index contributed by atoms with van der Waals surface area (Å²) in [5.74, 6) is -0.0784. The molecule has 0 bridgehead atoms. The zero-order valence-corrected chi connectivity index (χ0v) is 17.0. The third kappa shape index (κ3) is 6.64. The zero-order valence-electron chi connectivity index (χ0n) is 17.0. The highest BCUT2D eigenvalue weighted by Crippen LogP contribution is 2.19. The number of carbonyl (C=O) groups is 3. The molecular weight excluding hydrogens is 358 g/mol.